The van der Waals surface area contributed by atoms with E-state index in [-0.39, 0.29) is 21.7 Å². The van der Waals surface area contributed by atoms with E-state index in [2.05, 4.69) is 15.6 Å². The van der Waals surface area contributed by atoms with E-state index >= 15 is 0 Å². The summed E-state index contributed by atoms with van der Waals surface area (Å²) in [6.45, 7) is 3.23. The summed E-state index contributed by atoms with van der Waals surface area (Å²) in [5, 5.41) is 0. The highest BCUT2D eigenvalue weighted by molar-refractivity contribution is 7.92. The third-order valence-electron chi connectivity index (χ3n) is 4.48. The van der Waals surface area contributed by atoms with Crippen LogP contribution in [0, 0.1) is 13.8 Å². The summed E-state index contributed by atoms with van der Waals surface area (Å²) < 4.78 is 38.6. The molecule has 31 heavy (non-hydrogen) atoms. The molecule has 0 fully saturated rings. The second-order valence-corrected chi connectivity index (χ2v) is 8.24. The molecule has 0 aliphatic heterocycles. The van der Waals surface area contributed by atoms with E-state index in [0.29, 0.717) is 17.1 Å². The minimum Gasteiger partial charge on any atom is -0.495 e. The molecule has 0 aliphatic rings. The number of sulfonamides is 1. The summed E-state index contributed by atoms with van der Waals surface area (Å²) in [5.41, 5.74) is 5.57. The fourth-order valence-electron chi connectivity index (χ4n) is 2.83. The Balaban J connectivity index is 1.79. The van der Waals surface area contributed by atoms with Gasteiger partial charge >= 0.3 is 0 Å². The Morgan fingerprint density at radius 3 is 2.35 bits per heavy atom. The normalized spacial score (nSPS) is 10.9. The zero-order valence-electron chi connectivity index (χ0n) is 17.1. The first-order valence-electron chi connectivity index (χ1n) is 9.14. The first kappa shape index (κ1) is 21.9. The molecule has 0 aliphatic carbocycles. The lowest BCUT2D eigenvalue weighted by molar-refractivity contribution is 0.0845. The van der Waals surface area contributed by atoms with E-state index < -0.39 is 21.8 Å². The largest absolute Gasteiger partial charge is 0.495 e. The van der Waals surface area contributed by atoms with Crippen LogP contribution in [0.3, 0.4) is 0 Å². The van der Waals surface area contributed by atoms with Gasteiger partial charge in [-0.2, -0.15) is 0 Å². The summed E-state index contributed by atoms with van der Waals surface area (Å²) in [6.07, 6.45) is 1.36. The number of ether oxygens (including phenoxy) is 1. The van der Waals surface area contributed by atoms with Gasteiger partial charge < -0.3 is 9.15 Å². The number of nitrogens with one attached hydrogen (secondary N) is 3. The van der Waals surface area contributed by atoms with E-state index in [0.717, 1.165) is 0 Å². The number of amides is 2. The first-order chi connectivity index (χ1) is 14.7. The summed E-state index contributed by atoms with van der Waals surface area (Å²) in [4.78, 5) is 24.5. The van der Waals surface area contributed by atoms with E-state index in [4.69, 9.17) is 9.15 Å². The quantitative estimate of drug-likeness (QED) is 0.503. The van der Waals surface area contributed by atoms with Gasteiger partial charge in [-0.25, -0.2) is 8.42 Å². The predicted octanol–water partition coefficient (Wildman–Crippen LogP) is 2.78. The number of carbonyl (C=O) groups excluding carboxylic acids is 2. The van der Waals surface area contributed by atoms with Gasteiger partial charge in [-0.15, -0.1) is 0 Å². The zero-order valence-corrected chi connectivity index (χ0v) is 17.9. The number of furan rings is 1. The average molecular weight is 443 g/mol. The number of methoxy groups -OCH3 is 1. The fraction of sp³-hybridized carbons (Fsp3) is 0.143. The molecule has 0 spiro atoms. The molecule has 1 aromatic heterocycles. The van der Waals surface area contributed by atoms with Crippen molar-refractivity contribution in [3.63, 3.8) is 0 Å². The molecule has 0 saturated heterocycles. The van der Waals surface area contributed by atoms with Crippen LogP contribution in [-0.4, -0.2) is 27.3 Å². The van der Waals surface area contributed by atoms with Crippen molar-refractivity contribution < 1.29 is 27.2 Å². The Morgan fingerprint density at radius 1 is 0.968 bits per heavy atom. The minimum atomic E-state index is -4.01. The minimum absolute atomic E-state index is 0.0511. The molecule has 2 aromatic carbocycles. The Labute approximate surface area is 179 Å². The zero-order chi connectivity index (χ0) is 22.6. The monoisotopic (exact) mass is 443 g/mol. The Morgan fingerprint density at radius 2 is 1.68 bits per heavy atom. The van der Waals surface area contributed by atoms with E-state index in [1.54, 1.807) is 38.1 Å². The molecule has 2 amide bonds. The van der Waals surface area contributed by atoms with Gasteiger partial charge in [-0.05, 0) is 49.7 Å². The van der Waals surface area contributed by atoms with Gasteiger partial charge in [0.2, 0.25) is 0 Å². The molecular formula is C21H21N3O6S. The number of hydrogen-bond acceptors (Lipinski definition) is 6. The lowest BCUT2D eigenvalue weighted by Gasteiger charge is -2.14. The summed E-state index contributed by atoms with van der Waals surface area (Å²) in [7, 11) is -2.58. The van der Waals surface area contributed by atoms with Crippen LogP contribution >= 0.6 is 0 Å². The second-order valence-electron chi connectivity index (χ2n) is 6.58. The number of aryl methyl sites for hydroxylation is 2. The van der Waals surface area contributed by atoms with Crippen LogP contribution in [0.1, 0.15) is 32.0 Å². The lowest BCUT2D eigenvalue weighted by Crippen LogP contribution is -2.41. The number of carbonyl (C=O) groups is 2. The number of benzene rings is 2. The highest BCUT2D eigenvalue weighted by Crippen LogP contribution is 2.27. The number of hydrogen-bond donors (Lipinski definition) is 3. The predicted molar refractivity (Wildman–Crippen MR) is 113 cm³/mol. The third-order valence-corrected chi connectivity index (χ3v) is 5.99. The molecule has 3 rings (SSSR count). The summed E-state index contributed by atoms with van der Waals surface area (Å²) in [6, 6.07) is 12.2. The molecule has 162 valence electrons. The van der Waals surface area contributed by atoms with Crippen LogP contribution in [0.25, 0.3) is 0 Å². The number of para-hydroxylation sites is 2. The third kappa shape index (κ3) is 4.86. The fourth-order valence-corrected chi connectivity index (χ4v) is 4.18. The van der Waals surface area contributed by atoms with Crippen LogP contribution in [0.5, 0.6) is 5.75 Å². The Hall–Kier alpha value is -3.79. The van der Waals surface area contributed by atoms with E-state index in [1.807, 2.05) is 0 Å². The lowest BCUT2D eigenvalue weighted by atomic mass is 10.1. The SMILES string of the molecule is COc1ccccc1NS(=O)(=O)c1cc(C(=O)NNC(=O)c2ccoc2C)ccc1C. The molecule has 0 saturated carbocycles. The standard InChI is InChI=1S/C21H21N3O6S/c1-13-8-9-15(20(25)22-23-21(26)16-10-11-30-14(16)2)12-19(13)31(27,28)24-17-6-4-5-7-18(17)29-3/h4-12,24H,1-3H3,(H,22,25)(H,23,26). The molecule has 3 N–H and O–H groups in total. The number of hydrazine groups is 1. The smallest absolute Gasteiger partial charge is 0.273 e. The molecule has 9 nitrogen and oxygen atoms in total. The molecule has 1 heterocycles. The van der Waals surface area contributed by atoms with Crippen LogP contribution in [-0.2, 0) is 10.0 Å². The van der Waals surface area contributed by atoms with Crippen LogP contribution < -0.4 is 20.3 Å². The topological polar surface area (TPSA) is 127 Å². The van der Waals surface area contributed by atoms with Crippen molar-refractivity contribution in [2.24, 2.45) is 0 Å². The van der Waals surface area contributed by atoms with Gasteiger partial charge in [0.05, 0.1) is 29.5 Å². The van der Waals surface area contributed by atoms with Gasteiger partial charge in [-0.3, -0.25) is 25.2 Å². The molecule has 0 atom stereocenters. The van der Waals surface area contributed by atoms with Crippen LogP contribution in [0.2, 0.25) is 0 Å². The molecule has 0 bridgehead atoms. The highest BCUT2D eigenvalue weighted by atomic mass is 32.2. The van der Waals surface area contributed by atoms with Crippen molar-refractivity contribution in [2.45, 2.75) is 18.7 Å². The molecular weight excluding hydrogens is 422 g/mol. The average Bonchev–Trinajstić information content (AvgIpc) is 3.18. The maximum atomic E-state index is 12.9. The van der Waals surface area contributed by atoms with Crippen molar-refractivity contribution in [2.75, 3.05) is 11.8 Å². The van der Waals surface area contributed by atoms with Gasteiger partial charge in [0.1, 0.15) is 11.5 Å². The van der Waals surface area contributed by atoms with Crippen LogP contribution in [0.4, 0.5) is 5.69 Å². The van der Waals surface area contributed by atoms with Gasteiger partial charge in [0.15, 0.2) is 0 Å². The first-order valence-corrected chi connectivity index (χ1v) is 10.6. The van der Waals surface area contributed by atoms with Gasteiger partial charge in [0.25, 0.3) is 21.8 Å². The van der Waals surface area contributed by atoms with Gasteiger partial charge in [0, 0.05) is 5.56 Å². The Bertz CT molecular complexity index is 1230. The molecule has 0 radical (unpaired) electrons. The van der Waals surface area contributed by atoms with Gasteiger partial charge in [-0.1, -0.05) is 18.2 Å². The van der Waals surface area contributed by atoms with Crippen LogP contribution in [0.15, 0.2) is 64.1 Å². The molecule has 10 heteroatoms. The summed E-state index contributed by atoms with van der Waals surface area (Å²) in [5.74, 6) is -0.478. The van der Waals surface area contributed by atoms with E-state index in [1.165, 1.54) is 37.6 Å². The van der Waals surface area contributed by atoms with Crippen molar-refractivity contribution in [1.82, 2.24) is 10.9 Å². The Kier molecular flexibility index (Phi) is 6.30. The highest BCUT2D eigenvalue weighted by Gasteiger charge is 2.21. The maximum absolute atomic E-state index is 12.9. The number of rotatable bonds is 6. The number of anilines is 1. The molecule has 0 unspecified atom stereocenters. The van der Waals surface area contributed by atoms with Crippen molar-refractivity contribution in [1.29, 1.82) is 0 Å². The maximum Gasteiger partial charge on any atom is 0.273 e. The van der Waals surface area contributed by atoms with Crippen molar-refractivity contribution in [3.8, 4) is 5.75 Å². The second kappa shape index (κ2) is 8.92. The van der Waals surface area contributed by atoms with Crippen molar-refractivity contribution in [3.05, 3.63) is 77.2 Å². The molecule has 3 aromatic rings. The summed E-state index contributed by atoms with van der Waals surface area (Å²) >= 11 is 0. The van der Waals surface area contributed by atoms with E-state index in [9.17, 15) is 18.0 Å². The van der Waals surface area contributed by atoms with Crippen molar-refractivity contribution >= 4 is 27.5 Å².